The van der Waals surface area contributed by atoms with E-state index < -0.39 is 59.7 Å². The van der Waals surface area contributed by atoms with Crippen LogP contribution in [0, 0.1) is 0 Å². The van der Waals surface area contributed by atoms with E-state index in [0.29, 0.717) is 0 Å². The predicted molar refractivity (Wildman–Crippen MR) is 58.4 cm³/mol. The van der Waals surface area contributed by atoms with Crippen LogP contribution < -0.4 is 5.32 Å². The maximum Gasteiger partial charge on any atom is 0.471 e. The highest BCUT2D eigenvalue weighted by atomic mass is 32.3. The molecule has 1 heterocycles. The van der Waals surface area contributed by atoms with Gasteiger partial charge in [-0.05, 0) is 0 Å². The summed E-state index contributed by atoms with van der Waals surface area (Å²) in [6, 6.07) is -2.02. The SMILES string of the molecule is O=C(N[C@H]1C(O)O[C@H](COS(=O)(=O)O)[C@@H](O)[C@@H]1O)C(F)(F)F. The molecule has 0 bridgehead atoms. The molecular weight excluding hydrogens is 343 g/mol. The van der Waals surface area contributed by atoms with Gasteiger partial charge in [-0.15, -0.1) is 0 Å². The van der Waals surface area contributed by atoms with E-state index in [0.717, 1.165) is 0 Å². The summed E-state index contributed by atoms with van der Waals surface area (Å²) in [5, 5.41) is 29.8. The minimum Gasteiger partial charge on any atom is -0.388 e. The number of aliphatic hydroxyl groups is 3. The van der Waals surface area contributed by atoms with Crippen molar-refractivity contribution in [3.8, 4) is 0 Å². The summed E-state index contributed by atoms with van der Waals surface area (Å²) in [6.07, 6.45) is -13.3. The smallest absolute Gasteiger partial charge is 0.388 e. The van der Waals surface area contributed by atoms with Crippen LogP contribution in [-0.2, 0) is 24.1 Å². The second-order valence-electron chi connectivity index (χ2n) is 4.26. The summed E-state index contributed by atoms with van der Waals surface area (Å²) in [7, 11) is -4.91. The fourth-order valence-corrected chi connectivity index (χ4v) is 1.93. The Morgan fingerprint density at radius 3 is 2.23 bits per heavy atom. The molecule has 1 aliphatic rings. The summed E-state index contributed by atoms with van der Waals surface area (Å²) in [5.41, 5.74) is 0. The lowest BCUT2D eigenvalue weighted by atomic mass is 9.97. The molecule has 1 rings (SSSR count). The molecule has 22 heavy (non-hydrogen) atoms. The highest BCUT2D eigenvalue weighted by Gasteiger charge is 2.48. The zero-order valence-corrected chi connectivity index (χ0v) is 11.3. The normalized spacial score (nSPS) is 33.5. The van der Waals surface area contributed by atoms with E-state index in [4.69, 9.17) is 4.55 Å². The fraction of sp³-hybridized carbons (Fsp3) is 0.875. The molecule has 0 aromatic rings. The number of rotatable bonds is 4. The first kappa shape index (κ1) is 19.0. The molecule has 10 nitrogen and oxygen atoms in total. The Kier molecular flexibility index (Phi) is 5.71. The lowest BCUT2D eigenvalue weighted by molar-refractivity contribution is -0.254. The molecule has 1 unspecified atom stereocenters. The minimum atomic E-state index is -5.30. The number of ether oxygens (including phenoxy) is 1. The van der Waals surface area contributed by atoms with Gasteiger partial charge in [0.2, 0.25) is 0 Å². The van der Waals surface area contributed by atoms with Crippen molar-refractivity contribution in [2.75, 3.05) is 6.61 Å². The van der Waals surface area contributed by atoms with E-state index in [-0.39, 0.29) is 0 Å². The van der Waals surface area contributed by atoms with E-state index in [2.05, 4.69) is 8.92 Å². The van der Waals surface area contributed by atoms with Crippen molar-refractivity contribution in [1.82, 2.24) is 5.32 Å². The Hall–Kier alpha value is -1.03. The molecule has 0 aromatic heterocycles. The van der Waals surface area contributed by atoms with Crippen molar-refractivity contribution in [1.29, 1.82) is 0 Å². The lowest BCUT2D eigenvalue weighted by Crippen LogP contribution is -2.65. The van der Waals surface area contributed by atoms with Crippen molar-refractivity contribution in [3.05, 3.63) is 0 Å². The molecule has 1 fully saturated rings. The Morgan fingerprint density at radius 2 is 1.77 bits per heavy atom. The zero-order valence-electron chi connectivity index (χ0n) is 10.5. The number of carbonyl (C=O) groups excluding carboxylic acids is 1. The monoisotopic (exact) mass is 355 g/mol. The largest absolute Gasteiger partial charge is 0.471 e. The van der Waals surface area contributed by atoms with Crippen LogP contribution in [0.4, 0.5) is 13.2 Å². The third-order valence-corrected chi connectivity index (χ3v) is 3.09. The lowest BCUT2D eigenvalue weighted by Gasteiger charge is -2.40. The highest BCUT2D eigenvalue weighted by Crippen LogP contribution is 2.22. The second kappa shape index (κ2) is 6.61. The van der Waals surface area contributed by atoms with E-state index >= 15 is 0 Å². The Bertz CT molecular complexity index is 509. The van der Waals surface area contributed by atoms with Crippen LogP contribution >= 0.6 is 0 Å². The molecule has 14 heteroatoms. The molecular formula is C8H12F3NO9S. The van der Waals surface area contributed by atoms with Gasteiger partial charge in [-0.2, -0.15) is 21.6 Å². The maximum atomic E-state index is 12.1. The fourth-order valence-electron chi connectivity index (χ4n) is 1.63. The Balaban J connectivity index is 2.74. The van der Waals surface area contributed by atoms with Crippen molar-refractivity contribution in [3.63, 3.8) is 0 Å². The van der Waals surface area contributed by atoms with E-state index in [1.54, 1.807) is 0 Å². The number of alkyl halides is 3. The first-order chi connectivity index (χ1) is 9.83. The van der Waals surface area contributed by atoms with Crippen LogP contribution in [0.15, 0.2) is 0 Å². The van der Waals surface area contributed by atoms with Gasteiger partial charge in [0.25, 0.3) is 0 Å². The Morgan fingerprint density at radius 1 is 1.23 bits per heavy atom. The van der Waals surface area contributed by atoms with Crippen molar-refractivity contribution in [2.45, 2.75) is 36.8 Å². The predicted octanol–water partition coefficient (Wildman–Crippen LogP) is -2.71. The van der Waals surface area contributed by atoms with Crippen LogP contribution in [0.5, 0.6) is 0 Å². The quantitative estimate of drug-likeness (QED) is 0.337. The van der Waals surface area contributed by atoms with Gasteiger partial charge in [0.1, 0.15) is 24.4 Å². The number of nitrogens with one attached hydrogen (secondary N) is 1. The molecule has 0 aromatic carbocycles. The van der Waals surface area contributed by atoms with Crippen molar-refractivity contribution < 1.29 is 55.2 Å². The molecule has 0 aliphatic carbocycles. The summed E-state index contributed by atoms with van der Waals surface area (Å²) >= 11 is 0. The number of hydrogen-bond acceptors (Lipinski definition) is 8. The van der Waals surface area contributed by atoms with Crippen LogP contribution in [0.3, 0.4) is 0 Å². The topological polar surface area (TPSA) is 163 Å². The minimum absolute atomic E-state index is 1.03. The number of halogens is 3. The van der Waals surface area contributed by atoms with Gasteiger partial charge in [-0.1, -0.05) is 0 Å². The van der Waals surface area contributed by atoms with Crippen molar-refractivity contribution in [2.24, 2.45) is 0 Å². The molecule has 0 saturated carbocycles. The van der Waals surface area contributed by atoms with Gasteiger partial charge >= 0.3 is 22.5 Å². The van der Waals surface area contributed by atoms with E-state index in [9.17, 15) is 41.7 Å². The van der Waals surface area contributed by atoms with Gasteiger partial charge < -0.3 is 25.4 Å². The molecule has 0 spiro atoms. The zero-order chi connectivity index (χ0) is 17.3. The van der Waals surface area contributed by atoms with Gasteiger partial charge in [0.15, 0.2) is 6.29 Å². The first-order valence-corrected chi connectivity index (χ1v) is 6.88. The van der Waals surface area contributed by atoms with Crippen LogP contribution in [0.1, 0.15) is 0 Å². The number of carbonyl (C=O) groups is 1. The standard InChI is InChI=1S/C8H12F3NO9S/c9-8(10,11)7(16)12-3-5(14)4(13)2(21-6(3)15)1-20-22(17,18)19/h2-6,13-15H,1H2,(H,12,16)(H,17,18,19)/t2-,3-,4-,5-,6?/m1/s1. The van der Waals surface area contributed by atoms with Gasteiger partial charge in [0, 0.05) is 0 Å². The summed E-state index contributed by atoms with van der Waals surface area (Å²) in [6.45, 7) is -1.03. The summed E-state index contributed by atoms with van der Waals surface area (Å²) in [4.78, 5) is 10.7. The molecule has 0 radical (unpaired) electrons. The second-order valence-corrected chi connectivity index (χ2v) is 5.35. The van der Waals surface area contributed by atoms with Gasteiger partial charge in [-0.3, -0.25) is 9.35 Å². The molecule has 1 aliphatic heterocycles. The van der Waals surface area contributed by atoms with Crippen LogP contribution in [0.2, 0.25) is 0 Å². The maximum absolute atomic E-state index is 12.1. The molecule has 5 N–H and O–H groups in total. The van der Waals surface area contributed by atoms with Crippen molar-refractivity contribution >= 4 is 16.3 Å². The molecule has 1 amide bonds. The number of hydrogen-bond donors (Lipinski definition) is 5. The molecule has 130 valence electrons. The van der Waals surface area contributed by atoms with E-state index in [1.165, 1.54) is 5.32 Å². The third kappa shape index (κ3) is 5.01. The third-order valence-electron chi connectivity index (χ3n) is 2.66. The average molecular weight is 355 g/mol. The first-order valence-electron chi connectivity index (χ1n) is 5.52. The van der Waals surface area contributed by atoms with Gasteiger partial charge in [0.05, 0.1) is 6.61 Å². The van der Waals surface area contributed by atoms with Crippen LogP contribution in [0.25, 0.3) is 0 Å². The van der Waals surface area contributed by atoms with Gasteiger partial charge in [-0.25, -0.2) is 4.18 Å². The van der Waals surface area contributed by atoms with Crippen LogP contribution in [-0.4, -0.2) is 77.6 Å². The molecule has 1 saturated heterocycles. The summed E-state index contributed by atoms with van der Waals surface area (Å²) < 4.78 is 73.7. The van der Waals surface area contributed by atoms with E-state index in [1.807, 2.05) is 0 Å². The number of aliphatic hydroxyl groups excluding tert-OH is 3. The Labute approximate surface area is 121 Å². The number of amides is 1. The summed E-state index contributed by atoms with van der Waals surface area (Å²) in [5.74, 6) is -2.49. The highest BCUT2D eigenvalue weighted by molar-refractivity contribution is 7.80. The molecule has 5 atom stereocenters. The average Bonchev–Trinajstić information content (AvgIpc) is 2.34.